The van der Waals surface area contributed by atoms with E-state index in [1.54, 1.807) is 4.90 Å². The fourth-order valence-corrected chi connectivity index (χ4v) is 5.00. The number of rotatable bonds is 5. The van der Waals surface area contributed by atoms with Crippen LogP contribution >= 0.6 is 0 Å². The molecule has 176 valence electrons. The van der Waals surface area contributed by atoms with Crippen LogP contribution in [0.25, 0.3) is 0 Å². The van der Waals surface area contributed by atoms with Gasteiger partial charge in [0, 0.05) is 32.7 Å². The second-order valence-corrected chi connectivity index (χ2v) is 9.27. The molecule has 2 aliphatic rings. The van der Waals surface area contributed by atoms with Crippen molar-refractivity contribution in [3.8, 4) is 0 Å². The van der Waals surface area contributed by atoms with Crippen molar-refractivity contribution in [1.29, 1.82) is 0 Å². The summed E-state index contributed by atoms with van der Waals surface area (Å²) < 4.78 is 9.55. The zero-order chi connectivity index (χ0) is 23.3. The summed E-state index contributed by atoms with van der Waals surface area (Å²) in [4.78, 5) is 41.2. The number of nitrogens with one attached hydrogen (secondary N) is 1. The molecule has 2 amide bonds. The molecule has 0 radical (unpaired) electrons. The molecule has 1 aromatic rings. The SMILES string of the molecule is COC(=O)c1ccc(C(=O)OC)c(NC(=O)N2CCC(CN3C[C@H](C)C[C@@H](C)C3)CC2)c1. The monoisotopic (exact) mass is 445 g/mol. The molecular weight excluding hydrogens is 410 g/mol. The first-order chi connectivity index (χ1) is 15.3. The largest absolute Gasteiger partial charge is 0.465 e. The number of hydrogen-bond acceptors (Lipinski definition) is 6. The Kier molecular flexibility index (Phi) is 8.12. The van der Waals surface area contributed by atoms with Gasteiger partial charge in [0.15, 0.2) is 0 Å². The summed E-state index contributed by atoms with van der Waals surface area (Å²) in [7, 11) is 2.56. The maximum atomic E-state index is 12.9. The molecule has 8 heteroatoms. The average molecular weight is 446 g/mol. The lowest BCUT2D eigenvalue weighted by molar-refractivity contribution is 0.0587. The highest BCUT2D eigenvalue weighted by Crippen LogP contribution is 2.26. The van der Waals surface area contributed by atoms with E-state index in [1.165, 1.54) is 38.8 Å². The molecule has 2 aliphatic heterocycles. The number of hydrogen-bond donors (Lipinski definition) is 1. The molecule has 0 aliphatic carbocycles. The fourth-order valence-electron chi connectivity index (χ4n) is 5.00. The molecule has 0 unspecified atom stereocenters. The minimum Gasteiger partial charge on any atom is -0.465 e. The quantitative estimate of drug-likeness (QED) is 0.698. The Labute approximate surface area is 190 Å². The summed E-state index contributed by atoms with van der Waals surface area (Å²) in [6, 6.07) is 4.10. The zero-order valence-corrected chi connectivity index (χ0v) is 19.6. The van der Waals surface area contributed by atoms with E-state index >= 15 is 0 Å². The number of urea groups is 1. The van der Waals surface area contributed by atoms with Gasteiger partial charge in [-0.3, -0.25) is 0 Å². The minimum absolute atomic E-state index is 0.191. The van der Waals surface area contributed by atoms with E-state index in [-0.39, 0.29) is 22.8 Å². The Hall–Kier alpha value is -2.61. The Balaban J connectivity index is 1.59. The van der Waals surface area contributed by atoms with Crippen LogP contribution in [-0.4, -0.2) is 74.7 Å². The third-order valence-corrected chi connectivity index (χ3v) is 6.45. The first-order valence-corrected chi connectivity index (χ1v) is 11.4. The molecule has 1 N–H and O–H groups in total. The van der Waals surface area contributed by atoms with Crippen molar-refractivity contribution in [1.82, 2.24) is 9.80 Å². The lowest BCUT2D eigenvalue weighted by Gasteiger charge is -2.39. The molecule has 2 saturated heterocycles. The number of ether oxygens (including phenoxy) is 2. The van der Waals surface area contributed by atoms with E-state index in [2.05, 4.69) is 24.1 Å². The van der Waals surface area contributed by atoms with Crippen LogP contribution in [0, 0.1) is 17.8 Å². The first-order valence-electron chi connectivity index (χ1n) is 11.4. The molecule has 1 aromatic carbocycles. The van der Waals surface area contributed by atoms with Crippen LogP contribution in [0.15, 0.2) is 18.2 Å². The molecule has 0 bridgehead atoms. The highest BCUT2D eigenvalue weighted by molar-refractivity contribution is 6.03. The van der Waals surface area contributed by atoms with Gasteiger partial charge in [0.2, 0.25) is 0 Å². The van der Waals surface area contributed by atoms with Gasteiger partial charge in [0.05, 0.1) is 31.0 Å². The highest BCUT2D eigenvalue weighted by atomic mass is 16.5. The van der Waals surface area contributed by atoms with E-state index in [0.29, 0.717) is 19.0 Å². The number of piperidine rings is 2. The molecule has 2 heterocycles. The summed E-state index contributed by atoms with van der Waals surface area (Å²) in [5.41, 5.74) is 0.680. The van der Waals surface area contributed by atoms with Crippen LogP contribution in [0.5, 0.6) is 0 Å². The summed E-state index contributed by atoms with van der Waals surface area (Å²) >= 11 is 0. The van der Waals surface area contributed by atoms with E-state index in [1.807, 2.05) is 0 Å². The summed E-state index contributed by atoms with van der Waals surface area (Å²) in [6.07, 6.45) is 3.22. The van der Waals surface area contributed by atoms with Gasteiger partial charge in [0.25, 0.3) is 0 Å². The normalized spacial score (nSPS) is 22.3. The molecule has 32 heavy (non-hydrogen) atoms. The number of anilines is 1. The van der Waals surface area contributed by atoms with Gasteiger partial charge in [0.1, 0.15) is 0 Å². The molecular formula is C24H35N3O5. The van der Waals surface area contributed by atoms with E-state index in [9.17, 15) is 14.4 Å². The maximum Gasteiger partial charge on any atom is 0.339 e. The molecule has 0 aromatic heterocycles. The number of likely N-dealkylation sites (tertiary alicyclic amines) is 2. The van der Waals surface area contributed by atoms with Crippen molar-refractivity contribution in [3.05, 3.63) is 29.3 Å². The second-order valence-electron chi connectivity index (χ2n) is 9.27. The number of nitrogens with zero attached hydrogens (tertiary/aromatic N) is 2. The number of carbonyl (C=O) groups is 3. The van der Waals surface area contributed by atoms with E-state index < -0.39 is 11.9 Å². The summed E-state index contributed by atoms with van der Waals surface area (Å²) in [5, 5.41) is 2.79. The molecule has 0 saturated carbocycles. The average Bonchev–Trinajstić information content (AvgIpc) is 2.77. The molecule has 2 fully saturated rings. The molecule has 8 nitrogen and oxygen atoms in total. The predicted molar refractivity (Wildman–Crippen MR) is 122 cm³/mol. The Morgan fingerprint density at radius 2 is 1.62 bits per heavy atom. The number of methoxy groups -OCH3 is 2. The van der Waals surface area contributed by atoms with Crippen molar-refractivity contribution in [2.45, 2.75) is 33.1 Å². The van der Waals surface area contributed by atoms with Gasteiger partial charge in [-0.2, -0.15) is 0 Å². The Bertz CT molecular complexity index is 825. The van der Waals surface area contributed by atoms with Gasteiger partial charge < -0.3 is 24.6 Å². The first kappa shape index (κ1) is 24.0. The Morgan fingerprint density at radius 1 is 1.00 bits per heavy atom. The van der Waals surface area contributed by atoms with Crippen molar-refractivity contribution in [2.75, 3.05) is 52.3 Å². The highest BCUT2D eigenvalue weighted by Gasteiger charge is 2.28. The van der Waals surface area contributed by atoms with E-state index in [4.69, 9.17) is 9.47 Å². The van der Waals surface area contributed by atoms with Gasteiger partial charge in [-0.25, -0.2) is 14.4 Å². The lowest BCUT2D eigenvalue weighted by Crippen LogP contribution is -2.46. The summed E-state index contributed by atoms with van der Waals surface area (Å²) in [5.74, 6) is 0.952. The number of carbonyl (C=O) groups excluding carboxylic acids is 3. The second kappa shape index (κ2) is 10.8. The molecule has 0 spiro atoms. The number of benzene rings is 1. The lowest BCUT2D eigenvalue weighted by atomic mass is 9.89. The van der Waals surface area contributed by atoms with Crippen LogP contribution < -0.4 is 5.32 Å². The third-order valence-electron chi connectivity index (χ3n) is 6.45. The van der Waals surface area contributed by atoms with Crippen molar-refractivity contribution in [2.24, 2.45) is 17.8 Å². The van der Waals surface area contributed by atoms with Gasteiger partial charge >= 0.3 is 18.0 Å². The maximum absolute atomic E-state index is 12.9. The van der Waals surface area contributed by atoms with Crippen LogP contribution in [0.2, 0.25) is 0 Å². The smallest absolute Gasteiger partial charge is 0.339 e. The van der Waals surface area contributed by atoms with Crippen LogP contribution in [0.3, 0.4) is 0 Å². The molecule has 3 rings (SSSR count). The van der Waals surface area contributed by atoms with Gasteiger partial charge in [-0.15, -0.1) is 0 Å². The van der Waals surface area contributed by atoms with Gasteiger partial charge in [-0.05, 0) is 55.2 Å². The number of esters is 2. The van der Waals surface area contributed by atoms with E-state index in [0.717, 1.165) is 44.3 Å². The zero-order valence-electron chi connectivity index (χ0n) is 19.6. The minimum atomic E-state index is -0.583. The standard InChI is InChI=1S/C24H35N3O5/c1-16-11-17(2)14-26(13-16)15-18-7-9-27(10-8-18)24(30)25-21-12-19(22(28)31-3)5-6-20(21)23(29)32-4/h5-6,12,16-18H,7-11,13-15H2,1-4H3,(H,25,30)/t16-,17-/m1/s1. The topological polar surface area (TPSA) is 88.2 Å². The van der Waals surface area contributed by atoms with Crippen molar-refractivity contribution in [3.63, 3.8) is 0 Å². The predicted octanol–water partition coefficient (Wildman–Crippen LogP) is 3.48. The summed E-state index contributed by atoms with van der Waals surface area (Å²) in [6.45, 7) is 9.41. The molecule has 2 atom stereocenters. The van der Waals surface area contributed by atoms with Gasteiger partial charge in [-0.1, -0.05) is 13.8 Å². The van der Waals surface area contributed by atoms with Crippen LogP contribution in [-0.2, 0) is 9.47 Å². The Morgan fingerprint density at radius 3 is 2.22 bits per heavy atom. The van der Waals surface area contributed by atoms with Crippen molar-refractivity contribution >= 4 is 23.7 Å². The van der Waals surface area contributed by atoms with Crippen molar-refractivity contribution < 1.29 is 23.9 Å². The number of amides is 2. The van der Waals surface area contributed by atoms with Crippen LogP contribution in [0.1, 0.15) is 53.8 Å². The third kappa shape index (κ3) is 6.00. The fraction of sp³-hybridized carbons (Fsp3) is 0.625. The van der Waals surface area contributed by atoms with Crippen LogP contribution in [0.4, 0.5) is 10.5 Å².